The average molecular weight is 668 g/mol. The quantitative estimate of drug-likeness (QED) is 0.108. The molecular formula is C20H24BFN12O7P2S. The van der Waals surface area contributed by atoms with Gasteiger partial charge in [-0.05, 0) is 11.8 Å². The van der Waals surface area contributed by atoms with Crippen molar-refractivity contribution in [3.63, 3.8) is 0 Å². The number of fused-ring (bicyclic) bond motifs is 4. The number of hydrogen-bond acceptors (Lipinski definition) is 15. The van der Waals surface area contributed by atoms with Crippen molar-refractivity contribution in [3.05, 3.63) is 25.3 Å². The molecule has 3 saturated heterocycles. The van der Waals surface area contributed by atoms with E-state index in [1.165, 1.54) is 34.4 Å². The molecule has 3 aliphatic rings. The van der Waals surface area contributed by atoms with Gasteiger partial charge in [-0.2, -0.15) is 0 Å². The van der Waals surface area contributed by atoms with Crippen LogP contribution >= 0.6 is 14.0 Å². The minimum atomic E-state index is -4.21. The second-order valence-electron chi connectivity index (χ2n) is 10.2. The number of hydrogen-bond donors (Lipinski definition) is 6. The summed E-state index contributed by atoms with van der Waals surface area (Å²) >= 11 is 5.31. The van der Waals surface area contributed by atoms with Crippen LogP contribution in [0.2, 0.25) is 0 Å². The lowest BCUT2D eigenvalue weighted by molar-refractivity contribution is -0.0334. The first kappa shape index (κ1) is 29.9. The number of nitrogens with one attached hydrogen (secondary N) is 2. The maximum absolute atomic E-state index is 16.0. The molecule has 0 aliphatic carbocycles. The third-order valence-corrected chi connectivity index (χ3v) is 10.4. The molecule has 2 radical (unpaired) electrons. The van der Waals surface area contributed by atoms with E-state index >= 15 is 4.39 Å². The van der Waals surface area contributed by atoms with Crippen molar-refractivity contribution >= 4 is 67.4 Å². The Morgan fingerprint density at radius 3 is 2.09 bits per heavy atom. The predicted molar refractivity (Wildman–Crippen MR) is 154 cm³/mol. The Balaban J connectivity index is 1.17. The minimum absolute atomic E-state index is 0.0821. The van der Waals surface area contributed by atoms with Gasteiger partial charge in [0.15, 0.2) is 41.6 Å². The van der Waals surface area contributed by atoms with Crippen LogP contribution in [-0.4, -0.2) is 106 Å². The van der Waals surface area contributed by atoms with Gasteiger partial charge >= 0.3 is 0 Å². The Hall–Kier alpha value is -2.75. The molecule has 7 rings (SSSR count). The van der Waals surface area contributed by atoms with Gasteiger partial charge in [-0.25, -0.2) is 39.4 Å². The number of nitrogen functional groups attached to an aromatic ring is 2. The molecule has 7 heterocycles. The van der Waals surface area contributed by atoms with Crippen molar-refractivity contribution in [2.24, 2.45) is 0 Å². The third-order valence-electron chi connectivity index (χ3n) is 7.45. The summed E-state index contributed by atoms with van der Waals surface area (Å²) in [5.74, 6) is 0.192. The van der Waals surface area contributed by atoms with Crippen LogP contribution in [0.3, 0.4) is 0 Å². The number of halogens is 1. The maximum atomic E-state index is 16.0. The van der Waals surface area contributed by atoms with Crippen molar-refractivity contribution in [3.8, 4) is 0 Å². The topological polar surface area (TPSA) is 258 Å². The van der Waals surface area contributed by atoms with Crippen LogP contribution in [0, 0.1) is 0 Å². The van der Waals surface area contributed by atoms with Crippen LogP contribution in [0.15, 0.2) is 25.3 Å². The smallest absolute Gasteiger partial charge is 0.259 e. The number of anilines is 2. The second-order valence-corrected chi connectivity index (χ2v) is 15.0. The first-order valence-electron chi connectivity index (χ1n) is 13.0. The van der Waals surface area contributed by atoms with E-state index in [2.05, 4.69) is 40.1 Å². The normalized spacial score (nSPS) is 38.2. The van der Waals surface area contributed by atoms with Crippen molar-refractivity contribution < 1.29 is 37.5 Å². The molecule has 0 saturated carbocycles. The molecular weight excluding hydrogens is 644 g/mol. The van der Waals surface area contributed by atoms with Crippen molar-refractivity contribution in [1.29, 1.82) is 0 Å². The van der Waals surface area contributed by atoms with Gasteiger partial charge in [-0.15, -0.1) is 0 Å². The van der Waals surface area contributed by atoms with Crippen LogP contribution in [0.25, 0.3) is 22.3 Å². The molecule has 232 valence electrons. The van der Waals surface area contributed by atoms with E-state index < -0.39 is 63.2 Å². The Kier molecular flexibility index (Phi) is 7.45. The highest BCUT2D eigenvalue weighted by Gasteiger charge is 2.52. The number of nitrogens with zero attached hydrogens (tertiary/aromatic N) is 8. The number of alkyl halides is 1. The first-order chi connectivity index (χ1) is 20.9. The van der Waals surface area contributed by atoms with E-state index in [1.54, 1.807) is 0 Å². The van der Waals surface area contributed by atoms with Gasteiger partial charge in [-0.3, -0.25) is 18.8 Å². The Morgan fingerprint density at radius 2 is 1.45 bits per heavy atom. The lowest BCUT2D eigenvalue weighted by atomic mass is 10.1. The Labute approximate surface area is 253 Å². The monoisotopic (exact) mass is 668 g/mol. The highest BCUT2D eigenvalue weighted by atomic mass is 32.5. The van der Waals surface area contributed by atoms with Crippen LogP contribution < -0.4 is 21.6 Å². The first-order valence-corrected chi connectivity index (χ1v) is 17.4. The molecule has 4 aromatic rings. The van der Waals surface area contributed by atoms with E-state index in [1.807, 2.05) is 0 Å². The Bertz CT molecular complexity index is 1710. The van der Waals surface area contributed by atoms with Gasteiger partial charge in [0, 0.05) is 13.1 Å². The number of aliphatic hydroxyl groups is 1. The minimum Gasteiger partial charge on any atom is -0.386 e. The molecule has 24 heteroatoms. The maximum Gasteiger partial charge on any atom is 0.259 e. The zero-order valence-electron chi connectivity index (χ0n) is 22.3. The fourth-order valence-electron chi connectivity index (χ4n) is 5.41. The summed E-state index contributed by atoms with van der Waals surface area (Å²) in [6.07, 6.45) is -5.91. The van der Waals surface area contributed by atoms with Gasteiger partial charge in [0.2, 0.25) is 15.0 Å². The number of ether oxygens (including phenoxy) is 2. The standard InChI is InChI=1S/C20H24BFN12O7P2S/c21-42(36)31-1-7-13(9(22)19(38-7)33-5-29-10-15(23)25-3-27-17(10)33)41-43(37,44)32-2-8-14(40-42)12(35)20(39-8)34-6-30-11-16(24)26-4-28-18(11)34/h3-9,12-14,19-20,35H,1-2H2,(H,31,36)(H2,23,25,27)(H2,24,26,28)(H2,32,37,44)/t7-,8-,9?,12?,13?,14?,19-,20-,42?,43?/m1/s1. The molecule has 3 fully saturated rings. The number of aliphatic hydroxyl groups excluding tert-OH is 1. The summed E-state index contributed by atoms with van der Waals surface area (Å²) < 4.78 is 55.6. The van der Waals surface area contributed by atoms with E-state index in [0.717, 1.165) is 0 Å². The van der Waals surface area contributed by atoms with Gasteiger partial charge in [0.25, 0.3) is 6.64 Å². The molecule has 6 unspecified atom stereocenters. The lowest BCUT2D eigenvalue weighted by Crippen LogP contribution is -2.43. The van der Waals surface area contributed by atoms with Crippen LogP contribution in [0.4, 0.5) is 16.0 Å². The third kappa shape index (κ3) is 5.19. The number of aromatic nitrogens is 8. The largest absolute Gasteiger partial charge is 0.386 e. The van der Waals surface area contributed by atoms with E-state index in [9.17, 15) is 14.6 Å². The fraction of sp³-hybridized carbons (Fsp3) is 0.500. The van der Waals surface area contributed by atoms with E-state index in [-0.39, 0.29) is 47.1 Å². The molecule has 3 aliphatic heterocycles. The summed E-state index contributed by atoms with van der Waals surface area (Å²) in [6.45, 7) is -4.59. The van der Waals surface area contributed by atoms with Gasteiger partial charge < -0.3 is 40.0 Å². The molecule has 0 amide bonds. The highest BCUT2D eigenvalue weighted by molar-refractivity contribution is 8.08. The summed E-state index contributed by atoms with van der Waals surface area (Å²) in [5.41, 5.74) is 12.7. The van der Waals surface area contributed by atoms with Crippen LogP contribution in [0.1, 0.15) is 12.5 Å². The number of nitrogens with two attached hydrogens (primary N) is 2. The number of imidazole rings is 2. The van der Waals surface area contributed by atoms with Crippen LogP contribution in [0.5, 0.6) is 0 Å². The van der Waals surface area contributed by atoms with Gasteiger partial charge in [0.05, 0.1) is 12.7 Å². The summed E-state index contributed by atoms with van der Waals surface area (Å²) in [7, 11) is 1.81. The van der Waals surface area contributed by atoms with Crippen LogP contribution in [-0.2, 0) is 34.9 Å². The molecule has 10 atom stereocenters. The van der Waals surface area contributed by atoms with Gasteiger partial charge in [-0.1, -0.05) is 0 Å². The molecule has 0 bridgehead atoms. The predicted octanol–water partition coefficient (Wildman–Crippen LogP) is -1.22. The summed E-state index contributed by atoms with van der Waals surface area (Å²) in [6, 6.07) is 0. The summed E-state index contributed by atoms with van der Waals surface area (Å²) in [4.78, 5) is 35.4. The molecule has 0 aromatic carbocycles. The van der Waals surface area contributed by atoms with Crippen molar-refractivity contribution in [2.45, 2.75) is 49.1 Å². The SMILES string of the molecule is [B]P1(=O)NC[C@H]2O[C@@H](n3cnc4c(N)ncnc43)C(F)C2OP(O)(=S)NC[C@H]2O[C@@H](n3cnc4c(N)ncnc43)C(O)C2O1. The molecule has 0 spiro atoms. The molecule has 44 heavy (non-hydrogen) atoms. The lowest BCUT2D eigenvalue weighted by Gasteiger charge is -2.31. The van der Waals surface area contributed by atoms with E-state index in [4.69, 9.17) is 49.4 Å². The van der Waals surface area contributed by atoms with Crippen molar-refractivity contribution in [1.82, 2.24) is 49.2 Å². The molecule has 19 nitrogen and oxygen atoms in total. The van der Waals surface area contributed by atoms with E-state index in [0.29, 0.717) is 0 Å². The zero-order chi connectivity index (χ0) is 31.0. The average Bonchev–Trinajstić information content (AvgIpc) is 3.73. The van der Waals surface area contributed by atoms with Crippen molar-refractivity contribution in [2.75, 3.05) is 24.6 Å². The fourth-order valence-corrected chi connectivity index (χ4v) is 8.13. The molecule has 4 aromatic heterocycles. The van der Waals surface area contributed by atoms with Gasteiger partial charge in [0.1, 0.15) is 54.2 Å². The number of rotatable bonds is 2. The summed E-state index contributed by atoms with van der Waals surface area (Å²) in [5, 5.41) is 16.5. The highest BCUT2D eigenvalue weighted by Crippen LogP contribution is 2.49. The molecule has 8 N–H and O–H groups in total. The second kappa shape index (κ2) is 11.0. The Morgan fingerprint density at radius 1 is 0.909 bits per heavy atom. The zero-order valence-corrected chi connectivity index (χ0v) is 24.9.